The minimum Gasteiger partial charge on any atom is -0.481 e. The number of aryl methyl sites for hydroxylation is 1. The molecule has 0 atom stereocenters. The standard InChI is InChI=1S/C29H35F3N2O3.C4H4O4/c1-3-21-14-23(10-11-24(21)15-34-16-25(17-34)28(35)36)19(2)33-37-18-20-9-12-26(22-7-5-4-6-8-22)27(13-20)29(30,31)32;5-3(6)1-2-4(7)8/h9-14,22,25H,3-8,15-18H2,1-2H3,(H,35,36);1-2H,(H,5,6)(H,7,8)/b33-19+;2-1+. The Morgan fingerprint density at radius 2 is 1.60 bits per heavy atom. The molecule has 2 fully saturated rings. The molecule has 244 valence electrons. The van der Waals surface area contributed by atoms with Gasteiger partial charge < -0.3 is 20.2 Å². The Balaban J connectivity index is 0.000000610. The van der Waals surface area contributed by atoms with Gasteiger partial charge >= 0.3 is 24.1 Å². The van der Waals surface area contributed by atoms with Gasteiger partial charge in [-0.15, -0.1) is 0 Å². The fourth-order valence-electron chi connectivity index (χ4n) is 5.54. The summed E-state index contributed by atoms with van der Waals surface area (Å²) in [6, 6.07) is 10.6. The highest BCUT2D eigenvalue weighted by molar-refractivity contribution is 5.98. The van der Waals surface area contributed by atoms with Gasteiger partial charge in [-0.1, -0.05) is 55.6 Å². The molecule has 1 saturated carbocycles. The predicted molar refractivity (Wildman–Crippen MR) is 161 cm³/mol. The number of carboxylic acid groups (broad SMARTS) is 3. The Morgan fingerprint density at radius 3 is 2.16 bits per heavy atom. The molecular formula is C33H39F3N2O7. The van der Waals surface area contributed by atoms with Crippen molar-refractivity contribution in [2.24, 2.45) is 11.1 Å². The van der Waals surface area contributed by atoms with E-state index in [1.165, 1.54) is 6.07 Å². The topological polar surface area (TPSA) is 137 Å². The molecule has 1 aliphatic heterocycles. The van der Waals surface area contributed by atoms with Gasteiger partial charge in [0.2, 0.25) is 0 Å². The first-order valence-corrected chi connectivity index (χ1v) is 14.9. The van der Waals surface area contributed by atoms with Crippen LogP contribution in [0.3, 0.4) is 0 Å². The first kappa shape index (κ1) is 35.3. The molecule has 2 aliphatic rings. The molecule has 3 N–H and O–H groups in total. The fraction of sp³-hybridized carbons (Fsp3) is 0.455. The van der Waals surface area contributed by atoms with Gasteiger partial charge in [0.15, 0.2) is 0 Å². The number of halogens is 3. The third-order valence-corrected chi connectivity index (χ3v) is 7.97. The molecule has 12 heteroatoms. The first-order chi connectivity index (χ1) is 21.3. The minimum absolute atomic E-state index is 0.0315. The molecule has 2 aromatic carbocycles. The smallest absolute Gasteiger partial charge is 0.416 e. The van der Waals surface area contributed by atoms with Gasteiger partial charge in [-0.25, -0.2) is 9.59 Å². The summed E-state index contributed by atoms with van der Waals surface area (Å²) >= 11 is 0. The average molecular weight is 633 g/mol. The number of rotatable bonds is 11. The normalized spacial score (nSPS) is 16.5. The second-order valence-corrected chi connectivity index (χ2v) is 11.3. The Labute approximate surface area is 260 Å². The van der Waals surface area contributed by atoms with Crippen molar-refractivity contribution in [3.8, 4) is 0 Å². The van der Waals surface area contributed by atoms with Crippen LogP contribution in [0, 0.1) is 5.92 Å². The van der Waals surface area contributed by atoms with Crippen LogP contribution in [0.4, 0.5) is 13.2 Å². The van der Waals surface area contributed by atoms with Crippen molar-refractivity contribution in [2.75, 3.05) is 13.1 Å². The van der Waals surface area contributed by atoms with E-state index in [1.807, 2.05) is 25.1 Å². The van der Waals surface area contributed by atoms with Crippen LogP contribution in [0.25, 0.3) is 0 Å². The summed E-state index contributed by atoms with van der Waals surface area (Å²) in [5.74, 6) is -3.58. The van der Waals surface area contributed by atoms with E-state index < -0.39 is 29.6 Å². The van der Waals surface area contributed by atoms with E-state index in [0.717, 1.165) is 55.2 Å². The Hall–Kier alpha value is -4.19. The molecule has 45 heavy (non-hydrogen) atoms. The molecule has 1 saturated heterocycles. The number of hydrogen-bond acceptors (Lipinski definition) is 6. The van der Waals surface area contributed by atoms with E-state index in [2.05, 4.69) is 17.0 Å². The maximum absolute atomic E-state index is 13.8. The molecule has 9 nitrogen and oxygen atoms in total. The largest absolute Gasteiger partial charge is 0.481 e. The lowest BCUT2D eigenvalue weighted by Crippen LogP contribution is -2.49. The number of aliphatic carboxylic acids is 3. The lowest BCUT2D eigenvalue weighted by atomic mass is 9.81. The van der Waals surface area contributed by atoms with Crippen molar-refractivity contribution in [2.45, 2.75) is 77.6 Å². The van der Waals surface area contributed by atoms with Crippen molar-refractivity contribution in [1.29, 1.82) is 0 Å². The first-order valence-electron chi connectivity index (χ1n) is 14.9. The highest BCUT2D eigenvalue weighted by Crippen LogP contribution is 2.41. The Bertz CT molecular complexity index is 1390. The molecule has 1 heterocycles. The van der Waals surface area contributed by atoms with E-state index >= 15 is 0 Å². The second kappa shape index (κ2) is 16.2. The van der Waals surface area contributed by atoms with Gasteiger partial charge in [-0.3, -0.25) is 9.69 Å². The van der Waals surface area contributed by atoms with Crippen LogP contribution in [0.2, 0.25) is 0 Å². The van der Waals surface area contributed by atoms with E-state index in [4.69, 9.17) is 20.2 Å². The number of carboxylic acids is 3. The maximum atomic E-state index is 13.8. The summed E-state index contributed by atoms with van der Waals surface area (Å²) in [5, 5.41) is 28.9. The van der Waals surface area contributed by atoms with Gasteiger partial charge in [0, 0.05) is 31.8 Å². The van der Waals surface area contributed by atoms with Gasteiger partial charge in [0.25, 0.3) is 0 Å². The molecule has 0 amide bonds. The Morgan fingerprint density at radius 1 is 0.956 bits per heavy atom. The van der Waals surface area contributed by atoms with Crippen LogP contribution < -0.4 is 0 Å². The number of likely N-dealkylation sites (tertiary alicyclic amines) is 1. The van der Waals surface area contributed by atoms with E-state index in [1.54, 1.807) is 12.1 Å². The van der Waals surface area contributed by atoms with Crippen molar-refractivity contribution in [1.82, 2.24) is 4.90 Å². The van der Waals surface area contributed by atoms with Gasteiger partial charge in [-0.2, -0.15) is 13.2 Å². The molecule has 1 aliphatic carbocycles. The van der Waals surface area contributed by atoms with Crippen LogP contribution in [0.5, 0.6) is 0 Å². The third-order valence-electron chi connectivity index (χ3n) is 7.97. The van der Waals surface area contributed by atoms with Crippen molar-refractivity contribution in [3.05, 3.63) is 81.9 Å². The summed E-state index contributed by atoms with van der Waals surface area (Å²) in [5.41, 5.74) is 4.13. The fourth-order valence-corrected chi connectivity index (χ4v) is 5.54. The Kier molecular flexibility index (Phi) is 12.7. The van der Waals surface area contributed by atoms with E-state index in [-0.39, 0.29) is 18.4 Å². The summed E-state index contributed by atoms with van der Waals surface area (Å²) in [6.45, 7) is 5.67. The number of alkyl halides is 3. The van der Waals surface area contributed by atoms with Crippen LogP contribution >= 0.6 is 0 Å². The zero-order chi connectivity index (χ0) is 33.1. The van der Waals surface area contributed by atoms with E-state index in [9.17, 15) is 27.6 Å². The number of benzene rings is 2. The number of hydrogen-bond donors (Lipinski definition) is 3. The molecule has 0 radical (unpaired) electrons. The highest BCUT2D eigenvalue weighted by Gasteiger charge is 2.36. The summed E-state index contributed by atoms with van der Waals surface area (Å²) < 4.78 is 41.5. The van der Waals surface area contributed by atoms with Crippen LogP contribution in [-0.4, -0.2) is 56.9 Å². The van der Waals surface area contributed by atoms with Crippen molar-refractivity contribution >= 4 is 23.6 Å². The highest BCUT2D eigenvalue weighted by atomic mass is 19.4. The molecule has 4 rings (SSSR count). The quantitative estimate of drug-likeness (QED) is 0.145. The van der Waals surface area contributed by atoms with Gasteiger partial charge in [-0.05, 0) is 72.1 Å². The van der Waals surface area contributed by atoms with Gasteiger partial charge in [0.05, 0.1) is 17.2 Å². The number of nitrogens with zero attached hydrogens (tertiary/aromatic N) is 2. The zero-order valence-corrected chi connectivity index (χ0v) is 25.3. The van der Waals surface area contributed by atoms with Crippen molar-refractivity contribution in [3.63, 3.8) is 0 Å². The van der Waals surface area contributed by atoms with Crippen LogP contribution in [-0.2, 0) is 45.0 Å². The second-order valence-electron chi connectivity index (χ2n) is 11.3. The molecule has 0 aromatic heterocycles. The van der Waals surface area contributed by atoms with Crippen LogP contribution in [0.1, 0.15) is 85.3 Å². The number of oxime groups is 1. The zero-order valence-electron chi connectivity index (χ0n) is 25.3. The summed E-state index contributed by atoms with van der Waals surface area (Å²) in [7, 11) is 0. The molecule has 2 aromatic rings. The summed E-state index contributed by atoms with van der Waals surface area (Å²) in [4.78, 5) is 37.7. The van der Waals surface area contributed by atoms with Crippen molar-refractivity contribution < 1.29 is 47.7 Å². The SMILES string of the molecule is CCc1cc(/C(C)=N/OCc2ccc(C3CCCCC3)c(C(F)(F)F)c2)ccc1CN1CC(C(=O)O)C1.O=C(O)/C=C/C(=O)O. The average Bonchev–Trinajstić information content (AvgIpc) is 2.97. The maximum Gasteiger partial charge on any atom is 0.416 e. The summed E-state index contributed by atoms with van der Waals surface area (Å²) in [6.07, 6.45) is 2.20. The third kappa shape index (κ3) is 10.7. The van der Waals surface area contributed by atoms with Crippen LogP contribution in [0.15, 0.2) is 53.7 Å². The lowest BCUT2D eigenvalue weighted by Gasteiger charge is -2.37. The molecule has 0 bridgehead atoms. The number of carbonyl (C=O) groups is 3. The monoisotopic (exact) mass is 632 g/mol. The van der Waals surface area contributed by atoms with E-state index in [0.29, 0.717) is 48.6 Å². The van der Waals surface area contributed by atoms with Gasteiger partial charge in [0.1, 0.15) is 6.61 Å². The minimum atomic E-state index is -4.40. The molecule has 0 spiro atoms. The molecular weight excluding hydrogens is 593 g/mol. The lowest BCUT2D eigenvalue weighted by molar-refractivity contribution is -0.147. The molecule has 0 unspecified atom stereocenters. The predicted octanol–water partition coefficient (Wildman–Crippen LogP) is 6.48.